The van der Waals surface area contributed by atoms with Gasteiger partial charge in [-0.2, -0.15) is 0 Å². The van der Waals surface area contributed by atoms with E-state index in [9.17, 15) is 4.79 Å². The molecule has 4 N–H and O–H groups in total. The van der Waals surface area contributed by atoms with Crippen molar-refractivity contribution in [3.05, 3.63) is 35.4 Å². The highest BCUT2D eigenvalue weighted by Gasteiger charge is 2.16. The van der Waals surface area contributed by atoms with Crippen LogP contribution in [0.5, 0.6) is 0 Å². The summed E-state index contributed by atoms with van der Waals surface area (Å²) >= 11 is 0. The lowest BCUT2D eigenvalue weighted by Gasteiger charge is -2.10. The Kier molecular flexibility index (Phi) is 5.17. The number of nitrogens with one attached hydrogen (secondary N) is 1. The van der Waals surface area contributed by atoms with E-state index in [-0.39, 0.29) is 11.7 Å². The topological polar surface area (TPSA) is 87.7 Å². The van der Waals surface area contributed by atoms with Crippen LogP contribution in [0.2, 0.25) is 0 Å². The van der Waals surface area contributed by atoms with Gasteiger partial charge in [-0.05, 0) is 24.5 Å². The van der Waals surface area contributed by atoms with Crippen molar-refractivity contribution in [1.82, 2.24) is 5.32 Å². The highest BCUT2D eigenvalue weighted by atomic mass is 16.4. The predicted octanol–water partition coefficient (Wildman–Crippen LogP) is 1.25. The van der Waals surface area contributed by atoms with E-state index in [2.05, 4.69) is 17.4 Å². The highest BCUT2D eigenvalue weighted by molar-refractivity contribution is 6.01. The van der Waals surface area contributed by atoms with Crippen LogP contribution >= 0.6 is 0 Å². The highest BCUT2D eigenvalue weighted by Crippen LogP contribution is 2.05. The summed E-state index contributed by atoms with van der Waals surface area (Å²) in [5.74, 6) is -0.983. The van der Waals surface area contributed by atoms with Crippen molar-refractivity contribution in [2.45, 2.75) is 26.8 Å². The lowest BCUT2D eigenvalue weighted by Crippen LogP contribution is -2.36. The second kappa shape index (κ2) is 6.64. The fourth-order valence-corrected chi connectivity index (χ4v) is 1.46. The third-order valence-electron chi connectivity index (χ3n) is 2.85. The van der Waals surface area contributed by atoms with Gasteiger partial charge in [0.15, 0.2) is 5.84 Å². The Morgan fingerprint density at radius 2 is 1.94 bits per heavy atom. The zero-order valence-corrected chi connectivity index (χ0v) is 10.7. The van der Waals surface area contributed by atoms with Crippen LogP contribution in [0.4, 0.5) is 0 Å². The summed E-state index contributed by atoms with van der Waals surface area (Å²) in [7, 11) is 0. The van der Waals surface area contributed by atoms with Gasteiger partial charge in [0.2, 0.25) is 5.91 Å². The van der Waals surface area contributed by atoms with Gasteiger partial charge < -0.3 is 16.3 Å². The molecule has 0 radical (unpaired) electrons. The molecule has 0 aliphatic rings. The molecule has 1 atom stereocenters. The Labute approximate surface area is 107 Å². The number of oxime groups is 1. The van der Waals surface area contributed by atoms with Crippen molar-refractivity contribution in [2.24, 2.45) is 16.8 Å². The first-order chi connectivity index (χ1) is 8.58. The zero-order chi connectivity index (χ0) is 13.5. The lowest BCUT2D eigenvalue weighted by molar-refractivity contribution is -0.122. The molecule has 0 aliphatic carbocycles. The largest absolute Gasteiger partial charge is 0.409 e. The van der Waals surface area contributed by atoms with Crippen molar-refractivity contribution in [2.75, 3.05) is 0 Å². The number of carbonyl (C=O) groups excluding carboxylic acids is 1. The minimum atomic E-state index is -0.634. The van der Waals surface area contributed by atoms with Crippen molar-refractivity contribution in [1.29, 1.82) is 0 Å². The third kappa shape index (κ3) is 3.76. The first kappa shape index (κ1) is 14.0. The van der Waals surface area contributed by atoms with Gasteiger partial charge >= 0.3 is 0 Å². The van der Waals surface area contributed by atoms with Gasteiger partial charge in [-0.15, -0.1) is 0 Å². The summed E-state index contributed by atoms with van der Waals surface area (Å²) in [5, 5.41) is 14.0. The molecule has 18 heavy (non-hydrogen) atoms. The molecule has 5 heteroatoms. The molecule has 1 aromatic rings. The fraction of sp³-hybridized carbons (Fsp3) is 0.385. The minimum Gasteiger partial charge on any atom is -0.409 e. The molecule has 0 heterocycles. The van der Waals surface area contributed by atoms with E-state index in [1.54, 1.807) is 6.92 Å². The zero-order valence-electron chi connectivity index (χ0n) is 10.7. The molecule has 0 aromatic heterocycles. The molecule has 1 aromatic carbocycles. The van der Waals surface area contributed by atoms with Crippen LogP contribution in [0.1, 0.15) is 25.0 Å². The standard InChI is InChI=1S/C13H19N3O2/c1-3-10-4-6-11(7-5-10)8-15-13(17)9(2)12(14)16-18/h4-7,9,18H,3,8H2,1-2H3,(H2,14,16)(H,15,17). The van der Waals surface area contributed by atoms with Crippen LogP contribution in [0.3, 0.4) is 0 Å². The summed E-state index contributed by atoms with van der Waals surface area (Å²) in [5.41, 5.74) is 7.64. The number of carbonyl (C=O) groups is 1. The number of nitrogens with two attached hydrogens (primary N) is 1. The van der Waals surface area contributed by atoms with E-state index in [0.29, 0.717) is 6.54 Å². The molecule has 0 saturated heterocycles. The molecule has 0 aliphatic heterocycles. The number of aryl methyl sites for hydroxylation is 1. The van der Waals surface area contributed by atoms with Crippen LogP contribution in [0.15, 0.2) is 29.4 Å². The van der Waals surface area contributed by atoms with Crippen molar-refractivity contribution in [3.63, 3.8) is 0 Å². The maximum absolute atomic E-state index is 11.7. The van der Waals surface area contributed by atoms with Gasteiger partial charge in [0.25, 0.3) is 0 Å². The smallest absolute Gasteiger partial charge is 0.230 e. The third-order valence-corrected chi connectivity index (χ3v) is 2.85. The minimum absolute atomic E-state index is 0.0890. The van der Waals surface area contributed by atoms with Gasteiger partial charge in [-0.25, -0.2) is 0 Å². The van der Waals surface area contributed by atoms with Crippen LogP contribution < -0.4 is 11.1 Å². The molecule has 1 amide bonds. The molecule has 1 unspecified atom stereocenters. The average molecular weight is 249 g/mol. The summed E-state index contributed by atoms with van der Waals surface area (Å²) in [6, 6.07) is 8.03. The number of hydrogen-bond donors (Lipinski definition) is 3. The quantitative estimate of drug-likeness (QED) is 0.317. The van der Waals surface area contributed by atoms with E-state index in [4.69, 9.17) is 10.9 Å². The predicted molar refractivity (Wildman–Crippen MR) is 70.2 cm³/mol. The Bertz CT molecular complexity index is 426. The van der Waals surface area contributed by atoms with Crippen LogP contribution in [-0.4, -0.2) is 17.0 Å². The molecule has 0 spiro atoms. The van der Waals surface area contributed by atoms with Crippen molar-refractivity contribution >= 4 is 11.7 Å². The maximum atomic E-state index is 11.7. The molecule has 5 nitrogen and oxygen atoms in total. The lowest BCUT2D eigenvalue weighted by atomic mass is 10.1. The Balaban J connectivity index is 2.52. The van der Waals surface area contributed by atoms with Gasteiger partial charge in [-0.1, -0.05) is 36.3 Å². The Morgan fingerprint density at radius 1 is 1.39 bits per heavy atom. The van der Waals surface area contributed by atoms with Crippen LogP contribution in [0.25, 0.3) is 0 Å². The number of amides is 1. The number of rotatable bonds is 5. The number of benzene rings is 1. The molecule has 0 fully saturated rings. The van der Waals surface area contributed by atoms with Crippen LogP contribution in [-0.2, 0) is 17.8 Å². The normalized spacial score (nSPS) is 13.1. The van der Waals surface area contributed by atoms with E-state index in [1.807, 2.05) is 24.3 Å². The van der Waals surface area contributed by atoms with E-state index in [1.165, 1.54) is 5.56 Å². The van der Waals surface area contributed by atoms with Gasteiger partial charge in [-0.3, -0.25) is 4.79 Å². The van der Waals surface area contributed by atoms with Gasteiger partial charge in [0.05, 0.1) is 5.92 Å². The monoisotopic (exact) mass is 249 g/mol. The molecular formula is C13H19N3O2. The van der Waals surface area contributed by atoms with Crippen LogP contribution in [0, 0.1) is 5.92 Å². The second-order valence-corrected chi connectivity index (χ2v) is 4.13. The first-order valence-corrected chi connectivity index (χ1v) is 5.91. The SMILES string of the molecule is CCc1ccc(CNC(=O)C(C)/C(N)=N/O)cc1. The van der Waals surface area contributed by atoms with E-state index >= 15 is 0 Å². The van der Waals surface area contributed by atoms with Gasteiger partial charge in [0, 0.05) is 6.54 Å². The van der Waals surface area contributed by atoms with Crippen molar-refractivity contribution in [3.8, 4) is 0 Å². The molecule has 0 bridgehead atoms. The number of hydrogen-bond acceptors (Lipinski definition) is 3. The molecular weight excluding hydrogens is 230 g/mol. The first-order valence-electron chi connectivity index (χ1n) is 5.91. The average Bonchev–Trinajstić information content (AvgIpc) is 2.43. The molecule has 0 saturated carbocycles. The Morgan fingerprint density at radius 3 is 2.44 bits per heavy atom. The fourth-order valence-electron chi connectivity index (χ4n) is 1.46. The maximum Gasteiger partial charge on any atom is 0.230 e. The Hall–Kier alpha value is -2.04. The van der Waals surface area contributed by atoms with Gasteiger partial charge in [0.1, 0.15) is 0 Å². The summed E-state index contributed by atoms with van der Waals surface area (Å²) < 4.78 is 0. The summed E-state index contributed by atoms with van der Waals surface area (Å²) in [6.45, 7) is 4.12. The molecule has 1 rings (SSSR count). The van der Waals surface area contributed by atoms with E-state index in [0.717, 1.165) is 12.0 Å². The van der Waals surface area contributed by atoms with Crippen molar-refractivity contribution < 1.29 is 10.0 Å². The number of amidine groups is 1. The summed E-state index contributed by atoms with van der Waals surface area (Å²) in [6.07, 6.45) is 0.993. The number of nitrogens with zero attached hydrogens (tertiary/aromatic N) is 1. The summed E-state index contributed by atoms with van der Waals surface area (Å²) in [4.78, 5) is 11.7. The molecule has 98 valence electrons. The van der Waals surface area contributed by atoms with E-state index < -0.39 is 5.92 Å². The second-order valence-electron chi connectivity index (χ2n) is 4.13.